The minimum Gasteiger partial charge on any atom is -0.507 e. The van der Waals surface area contributed by atoms with Crippen LogP contribution in [0.25, 0.3) is 0 Å². The molecule has 1 rings (SSSR count). The maximum absolute atomic E-state index is 11.6. The molecule has 1 atom stereocenters. The van der Waals surface area contributed by atoms with Crippen LogP contribution in [-0.4, -0.2) is 29.5 Å². The van der Waals surface area contributed by atoms with Crippen molar-refractivity contribution in [2.45, 2.75) is 33.3 Å². The molecule has 0 aromatic carbocycles. The van der Waals surface area contributed by atoms with Gasteiger partial charge in [-0.25, -0.2) is 4.79 Å². The molecule has 1 N–H and O–H groups in total. The van der Waals surface area contributed by atoms with E-state index in [1.165, 1.54) is 0 Å². The van der Waals surface area contributed by atoms with Crippen molar-refractivity contribution in [3.63, 3.8) is 0 Å². The highest BCUT2D eigenvalue weighted by Crippen LogP contribution is 2.26. The Bertz CT molecular complexity index is 429. The second kappa shape index (κ2) is 6.10. The van der Waals surface area contributed by atoms with E-state index in [9.17, 15) is 9.90 Å². The van der Waals surface area contributed by atoms with Gasteiger partial charge in [-0.1, -0.05) is 24.9 Å². The lowest BCUT2D eigenvalue weighted by Gasteiger charge is -2.11. The summed E-state index contributed by atoms with van der Waals surface area (Å²) in [5, 5.41) is 13.6. The summed E-state index contributed by atoms with van der Waals surface area (Å²) in [5.41, 5.74) is 0.330. The first-order chi connectivity index (χ1) is 8.47. The maximum Gasteiger partial charge on any atom is 0.344 e. The third-order valence-electron chi connectivity index (χ3n) is 2.41. The highest BCUT2D eigenvalue weighted by Gasteiger charge is 2.36. The molecule has 0 aromatic rings. The molecule has 0 spiro atoms. The Labute approximate surface area is 106 Å². The van der Waals surface area contributed by atoms with Crippen LogP contribution in [0.15, 0.2) is 16.5 Å². The van der Waals surface area contributed by atoms with Crippen LogP contribution in [0.5, 0.6) is 0 Å². The Hall–Kier alpha value is -1.96. The number of nitrogens with zero attached hydrogens (tertiary/aromatic N) is 1. The van der Waals surface area contributed by atoms with Crippen molar-refractivity contribution in [1.29, 1.82) is 0 Å². The second-order valence-corrected chi connectivity index (χ2v) is 4.44. The van der Waals surface area contributed by atoms with E-state index in [-0.39, 0.29) is 23.7 Å². The number of aliphatic hydroxyl groups is 1. The minimum atomic E-state index is -0.592. The monoisotopic (exact) mass is 251 g/mol. The van der Waals surface area contributed by atoms with Crippen molar-refractivity contribution in [2.24, 2.45) is 11.1 Å². The third-order valence-corrected chi connectivity index (χ3v) is 2.41. The van der Waals surface area contributed by atoms with Gasteiger partial charge in [-0.2, -0.15) is 0 Å². The molecule has 1 unspecified atom stereocenters. The zero-order valence-electron chi connectivity index (χ0n) is 10.8. The topological polar surface area (TPSA) is 68.1 Å². The summed E-state index contributed by atoms with van der Waals surface area (Å²) in [6, 6.07) is 0. The van der Waals surface area contributed by atoms with E-state index in [1.54, 1.807) is 6.92 Å². The summed E-state index contributed by atoms with van der Waals surface area (Å²) in [6.07, 6.45) is 4.98. The molecule has 5 nitrogen and oxygen atoms in total. The lowest BCUT2D eigenvalue weighted by molar-refractivity contribution is -0.140. The Morgan fingerprint density at radius 1 is 1.67 bits per heavy atom. The Morgan fingerprint density at radius 3 is 2.89 bits per heavy atom. The number of hydrogen-bond acceptors (Lipinski definition) is 5. The fourth-order valence-corrected chi connectivity index (χ4v) is 1.64. The summed E-state index contributed by atoms with van der Waals surface area (Å²) in [4.78, 5) is 16.4. The number of aliphatic hydroxyl groups excluding tert-OH is 1. The molecular formula is C13H17NO4. The maximum atomic E-state index is 11.6. The van der Waals surface area contributed by atoms with Gasteiger partial charge in [0.25, 0.3) is 0 Å². The quantitative estimate of drug-likeness (QED) is 0.266. The normalized spacial score (nSPS) is 20.1. The molecule has 0 saturated heterocycles. The van der Waals surface area contributed by atoms with Crippen LogP contribution < -0.4 is 0 Å². The molecule has 0 saturated carbocycles. The van der Waals surface area contributed by atoms with Crippen molar-refractivity contribution < 1.29 is 19.5 Å². The van der Waals surface area contributed by atoms with Crippen LogP contribution in [0.4, 0.5) is 0 Å². The number of carbonyl (C=O) groups excluding carboxylic acids is 1. The molecule has 0 fully saturated rings. The van der Waals surface area contributed by atoms with Crippen LogP contribution in [0.1, 0.15) is 27.2 Å². The lowest BCUT2D eigenvalue weighted by Crippen LogP contribution is -2.14. The highest BCUT2D eigenvalue weighted by atomic mass is 16.6. The number of carbonyl (C=O) groups is 1. The van der Waals surface area contributed by atoms with Crippen LogP contribution in [0.3, 0.4) is 0 Å². The summed E-state index contributed by atoms with van der Waals surface area (Å²) in [7, 11) is 0. The van der Waals surface area contributed by atoms with Gasteiger partial charge in [-0.3, -0.25) is 0 Å². The largest absolute Gasteiger partial charge is 0.507 e. The average Bonchev–Trinajstić information content (AvgIpc) is 2.53. The molecular weight excluding hydrogens is 234 g/mol. The Morgan fingerprint density at radius 2 is 2.33 bits per heavy atom. The standard InChI is InChI=1S/C13H17NO4/c1-5-6-17-14-9(4)11-12(15)10(7-8(2)3)18-13(11)16/h1,8,10,15H,6-7H2,2-4H3/b14-9+. The van der Waals surface area contributed by atoms with Crippen molar-refractivity contribution >= 4 is 11.7 Å². The van der Waals surface area contributed by atoms with E-state index in [0.717, 1.165) is 0 Å². The number of esters is 1. The number of hydrogen-bond donors (Lipinski definition) is 1. The fourth-order valence-electron chi connectivity index (χ4n) is 1.64. The van der Waals surface area contributed by atoms with E-state index in [1.807, 2.05) is 13.8 Å². The van der Waals surface area contributed by atoms with Gasteiger partial charge in [0.05, 0.1) is 5.71 Å². The smallest absolute Gasteiger partial charge is 0.344 e. The van der Waals surface area contributed by atoms with Gasteiger partial charge in [-0.05, 0) is 19.3 Å². The third kappa shape index (κ3) is 3.27. The number of oxime groups is 1. The van der Waals surface area contributed by atoms with Crippen molar-refractivity contribution in [1.82, 2.24) is 0 Å². The number of rotatable bonds is 5. The van der Waals surface area contributed by atoms with E-state index < -0.39 is 12.1 Å². The Kier molecular flexibility index (Phi) is 4.78. The minimum absolute atomic E-state index is 0.00977. The molecule has 5 heteroatoms. The number of cyclic esters (lactones) is 1. The van der Waals surface area contributed by atoms with Gasteiger partial charge >= 0.3 is 5.97 Å². The van der Waals surface area contributed by atoms with Crippen molar-refractivity contribution in [3.05, 3.63) is 11.3 Å². The molecule has 0 aliphatic carbocycles. The molecule has 98 valence electrons. The van der Waals surface area contributed by atoms with Gasteiger partial charge in [-0.15, -0.1) is 6.42 Å². The zero-order chi connectivity index (χ0) is 13.7. The van der Waals surface area contributed by atoms with Gasteiger partial charge in [0, 0.05) is 0 Å². The summed E-state index contributed by atoms with van der Waals surface area (Å²) >= 11 is 0. The van der Waals surface area contributed by atoms with Gasteiger partial charge in [0.2, 0.25) is 0 Å². The molecule has 0 radical (unpaired) electrons. The first-order valence-electron chi connectivity index (χ1n) is 5.71. The molecule has 0 aromatic heterocycles. The van der Waals surface area contributed by atoms with E-state index in [2.05, 4.69) is 11.1 Å². The van der Waals surface area contributed by atoms with Gasteiger partial charge < -0.3 is 14.7 Å². The van der Waals surface area contributed by atoms with Crippen LogP contribution >= 0.6 is 0 Å². The van der Waals surface area contributed by atoms with Crippen molar-refractivity contribution in [3.8, 4) is 12.3 Å². The second-order valence-electron chi connectivity index (χ2n) is 4.44. The summed E-state index contributed by atoms with van der Waals surface area (Å²) in [5.74, 6) is 1.89. The summed E-state index contributed by atoms with van der Waals surface area (Å²) in [6.45, 7) is 5.53. The van der Waals surface area contributed by atoms with E-state index >= 15 is 0 Å². The van der Waals surface area contributed by atoms with Crippen LogP contribution in [0, 0.1) is 18.3 Å². The fraction of sp³-hybridized carbons (Fsp3) is 0.538. The molecule has 18 heavy (non-hydrogen) atoms. The predicted octanol–water partition coefficient (Wildman–Crippen LogP) is 1.80. The highest BCUT2D eigenvalue weighted by molar-refractivity contribution is 6.20. The van der Waals surface area contributed by atoms with Crippen molar-refractivity contribution in [2.75, 3.05) is 6.61 Å². The Balaban J connectivity index is 2.85. The number of ether oxygens (including phenoxy) is 1. The van der Waals surface area contributed by atoms with E-state index in [4.69, 9.17) is 16.0 Å². The van der Waals surface area contributed by atoms with Crippen LogP contribution in [-0.2, 0) is 14.4 Å². The molecule has 1 aliphatic heterocycles. The molecule has 0 amide bonds. The zero-order valence-corrected chi connectivity index (χ0v) is 10.8. The molecule has 1 heterocycles. The van der Waals surface area contributed by atoms with Gasteiger partial charge in [0.1, 0.15) is 11.3 Å². The van der Waals surface area contributed by atoms with Gasteiger partial charge in [0.15, 0.2) is 12.7 Å². The SMILES string of the molecule is C#CCO/N=C(\C)C1=C(O)C(CC(C)C)OC1=O. The summed E-state index contributed by atoms with van der Waals surface area (Å²) < 4.78 is 5.08. The lowest BCUT2D eigenvalue weighted by atomic mass is 10.0. The number of terminal acetylenes is 1. The van der Waals surface area contributed by atoms with E-state index in [0.29, 0.717) is 12.3 Å². The first-order valence-corrected chi connectivity index (χ1v) is 5.71. The van der Waals surface area contributed by atoms with Crippen LogP contribution in [0.2, 0.25) is 0 Å². The molecule has 0 bridgehead atoms. The molecule has 1 aliphatic rings. The average molecular weight is 251 g/mol. The predicted molar refractivity (Wildman–Crippen MR) is 66.9 cm³/mol. The first kappa shape index (κ1) is 14.1.